The van der Waals surface area contributed by atoms with Gasteiger partial charge in [-0.25, -0.2) is 14.2 Å². The molecule has 9 heteroatoms. The van der Waals surface area contributed by atoms with Crippen molar-refractivity contribution >= 4 is 22.5 Å². The van der Waals surface area contributed by atoms with E-state index in [0.29, 0.717) is 29.9 Å². The molecule has 0 saturated carbocycles. The maximum Gasteiger partial charge on any atom is 0.332 e. The molecule has 3 heterocycles. The fourth-order valence-electron chi connectivity index (χ4n) is 4.43. The average Bonchev–Trinajstić information content (AvgIpc) is 3.45. The summed E-state index contributed by atoms with van der Waals surface area (Å²) in [7, 11) is 1.52. The molecule has 0 saturated heterocycles. The lowest BCUT2D eigenvalue weighted by atomic mass is 9.97. The summed E-state index contributed by atoms with van der Waals surface area (Å²) in [5, 5.41) is 13.0. The molecule has 1 N–H and O–H groups in total. The van der Waals surface area contributed by atoms with E-state index in [9.17, 15) is 9.59 Å². The van der Waals surface area contributed by atoms with Gasteiger partial charge in [-0.2, -0.15) is 10.2 Å². The minimum absolute atomic E-state index is 0.189. The third kappa shape index (κ3) is 4.72. The third-order valence-corrected chi connectivity index (χ3v) is 6.24. The highest BCUT2D eigenvalue weighted by Gasteiger charge is 2.24. The summed E-state index contributed by atoms with van der Waals surface area (Å²) in [6, 6.07) is 19.7. The second kappa shape index (κ2) is 9.24. The Balaban J connectivity index is 1.65. The van der Waals surface area contributed by atoms with Crippen LogP contribution in [-0.2, 0) is 20.1 Å². The van der Waals surface area contributed by atoms with E-state index in [4.69, 9.17) is 5.10 Å². The molecule has 0 bridgehead atoms. The topological polar surface area (TPSA) is 91.7 Å². The molecule has 0 aliphatic carbocycles. The van der Waals surface area contributed by atoms with Gasteiger partial charge in [-0.05, 0) is 48.2 Å². The van der Waals surface area contributed by atoms with Crippen LogP contribution in [-0.4, -0.2) is 28.7 Å². The molecule has 0 amide bonds. The fourth-order valence-corrected chi connectivity index (χ4v) is 4.43. The zero-order valence-corrected chi connectivity index (χ0v) is 21.8. The molecule has 0 radical (unpaired) electrons. The Kier molecular flexibility index (Phi) is 6.07. The van der Waals surface area contributed by atoms with E-state index < -0.39 is 0 Å². The van der Waals surface area contributed by atoms with Crippen LogP contribution in [0.25, 0.3) is 16.7 Å². The Morgan fingerprint density at radius 3 is 2.27 bits per heavy atom. The highest BCUT2D eigenvalue weighted by Crippen LogP contribution is 2.26. The predicted octanol–water partition coefficient (Wildman–Crippen LogP) is 4.23. The Bertz CT molecular complexity index is 1680. The van der Waals surface area contributed by atoms with Gasteiger partial charge in [-0.15, -0.1) is 0 Å². The van der Waals surface area contributed by atoms with Crippen LogP contribution in [0.4, 0.5) is 11.5 Å². The smallest absolute Gasteiger partial charge is 0.332 e. The van der Waals surface area contributed by atoms with Crippen LogP contribution < -0.4 is 16.6 Å². The first-order valence-electron chi connectivity index (χ1n) is 12.2. The van der Waals surface area contributed by atoms with Crippen LogP contribution >= 0.6 is 0 Å². The second-order valence-corrected chi connectivity index (χ2v) is 10.5. The number of aromatic nitrogens is 6. The van der Waals surface area contributed by atoms with Crippen LogP contribution in [0.3, 0.4) is 0 Å². The Morgan fingerprint density at radius 1 is 0.946 bits per heavy atom. The van der Waals surface area contributed by atoms with E-state index in [1.807, 2.05) is 72.3 Å². The molecular weight excluding hydrogens is 466 g/mol. The van der Waals surface area contributed by atoms with Crippen LogP contribution in [0.2, 0.25) is 0 Å². The molecule has 0 aliphatic rings. The van der Waals surface area contributed by atoms with Gasteiger partial charge in [0.1, 0.15) is 11.2 Å². The molecule has 190 valence electrons. The third-order valence-electron chi connectivity index (χ3n) is 6.24. The van der Waals surface area contributed by atoms with Crippen molar-refractivity contribution in [1.82, 2.24) is 28.7 Å². The first-order valence-corrected chi connectivity index (χ1v) is 12.2. The van der Waals surface area contributed by atoms with Crippen LogP contribution in [0.5, 0.6) is 0 Å². The van der Waals surface area contributed by atoms with Crippen LogP contribution in [0.15, 0.2) is 76.4 Å². The SMILES string of the molecule is Cc1ccnn1-c1ccc(Cn2nc3c(c2Nc2ccccc2)c(=O)n(C)c(=O)n3CC(C)(C)C)cc1. The van der Waals surface area contributed by atoms with Crippen molar-refractivity contribution in [2.75, 3.05) is 5.32 Å². The Labute approximate surface area is 214 Å². The summed E-state index contributed by atoms with van der Waals surface area (Å²) in [5.41, 5.74) is 3.28. The molecule has 0 atom stereocenters. The molecule has 2 aromatic carbocycles. The molecular formula is C28H31N7O2. The number of hydrogen-bond donors (Lipinski definition) is 1. The standard InChI is InChI=1S/C28H31N7O2/c1-19-15-16-29-35(19)22-13-11-20(12-14-22)17-34-24(30-21-9-7-6-8-10-21)23-25(31-34)33(18-28(2,3)4)27(37)32(5)26(23)36/h6-16,30H,17-18H2,1-5H3. The van der Waals surface area contributed by atoms with Crippen molar-refractivity contribution in [3.63, 3.8) is 0 Å². The molecule has 5 aromatic rings. The van der Waals surface area contributed by atoms with Gasteiger partial charge in [0.05, 0.1) is 12.2 Å². The highest BCUT2D eigenvalue weighted by molar-refractivity contribution is 5.89. The minimum atomic E-state index is -0.376. The summed E-state index contributed by atoms with van der Waals surface area (Å²) in [6.45, 7) is 9.01. The number of para-hydroxylation sites is 1. The van der Waals surface area contributed by atoms with Crippen molar-refractivity contribution in [3.05, 3.63) is 99.0 Å². The van der Waals surface area contributed by atoms with Gasteiger partial charge < -0.3 is 5.32 Å². The molecule has 0 spiro atoms. The van der Waals surface area contributed by atoms with E-state index in [0.717, 1.165) is 27.2 Å². The summed E-state index contributed by atoms with van der Waals surface area (Å²) in [6.07, 6.45) is 1.78. The molecule has 5 rings (SSSR count). The zero-order chi connectivity index (χ0) is 26.3. The van der Waals surface area contributed by atoms with Gasteiger partial charge in [-0.3, -0.25) is 13.9 Å². The van der Waals surface area contributed by atoms with Crippen LogP contribution in [0, 0.1) is 12.3 Å². The molecule has 9 nitrogen and oxygen atoms in total. The summed E-state index contributed by atoms with van der Waals surface area (Å²) < 4.78 is 6.42. The number of rotatable bonds is 6. The van der Waals surface area contributed by atoms with E-state index in [1.165, 1.54) is 7.05 Å². The second-order valence-electron chi connectivity index (χ2n) is 10.5. The van der Waals surface area contributed by atoms with Crippen molar-refractivity contribution in [2.24, 2.45) is 12.5 Å². The van der Waals surface area contributed by atoms with Crippen molar-refractivity contribution < 1.29 is 0 Å². The largest absolute Gasteiger partial charge is 0.340 e. The number of nitrogens with zero attached hydrogens (tertiary/aromatic N) is 6. The van der Waals surface area contributed by atoms with Gasteiger partial charge in [0.2, 0.25) is 0 Å². The number of aryl methyl sites for hydroxylation is 1. The van der Waals surface area contributed by atoms with Gasteiger partial charge in [0.25, 0.3) is 5.56 Å². The van der Waals surface area contributed by atoms with Crippen molar-refractivity contribution in [2.45, 2.75) is 40.8 Å². The first kappa shape index (κ1) is 24.3. The fraction of sp³-hybridized carbons (Fsp3) is 0.286. The number of hydrogen-bond acceptors (Lipinski definition) is 5. The van der Waals surface area contributed by atoms with E-state index >= 15 is 0 Å². The van der Waals surface area contributed by atoms with Gasteiger partial charge >= 0.3 is 5.69 Å². The Morgan fingerprint density at radius 2 is 1.65 bits per heavy atom. The summed E-state index contributed by atoms with van der Waals surface area (Å²) in [4.78, 5) is 26.5. The lowest BCUT2D eigenvalue weighted by Crippen LogP contribution is -2.40. The van der Waals surface area contributed by atoms with E-state index in [1.54, 1.807) is 15.4 Å². The maximum absolute atomic E-state index is 13.4. The number of benzene rings is 2. The summed E-state index contributed by atoms with van der Waals surface area (Å²) >= 11 is 0. The van der Waals surface area contributed by atoms with E-state index in [-0.39, 0.29) is 16.7 Å². The number of nitrogens with one attached hydrogen (secondary N) is 1. The van der Waals surface area contributed by atoms with Gasteiger partial charge in [0, 0.05) is 31.2 Å². The minimum Gasteiger partial charge on any atom is -0.340 e. The molecule has 0 fully saturated rings. The molecule has 0 unspecified atom stereocenters. The predicted molar refractivity (Wildman–Crippen MR) is 146 cm³/mol. The Hall–Kier alpha value is -4.40. The highest BCUT2D eigenvalue weighted by atomic mass is 16.2. The average molecular weight is 498 g/mol. The normalized spacial score (nSPS) is 11.8. The van der Waals surface area contributed by atoms with E-state index in [2.05, 4.69) is 31.2 Å². The number of anilines is 2. The quantitative estimate of drug-likeness (QED) is 0.379. The lowest BCUT2D eigenvalue weighted by molar-refractivity contribution is 0.337. The zero-order valence-electron chi connectivity index (χ0n) is 21.8. The first-order chi connectivity index (χ1) is 17.6. The monoisotopic (exact) mass is 497 g/mol. The number of fused-ring (bicyclic) bond motifs is 1. The van der Waals surface area contributed by atoms with Crippen LogP contribution in [0.1, 0.15) is 32.0 Å². The van der Waals surface area contributed by atoms with Gasteiger partial charge in [-0.1, -0.05) is 51.1 Å². The maximum atomic E-state index is 13.4. The molecule has 37 heavy (non-hydrogen) atoms. The molecule has 0 aliphatic heterocycles. The molecule has 3 aromatic heterocycles. The van der Waals surface area contributed by atoms with Crippen molar-refractivity contribution in [3.8, 4) is 5.69 Å². The van der Waals surface area contributed by atoms with Crippen molar-refractivity contribution in [1.29, 1.82) is 0 Å². The lowest BCUT2D eigenvalue weighted by Gasteiger charge is -2.20. The summed E-state index contributed by atoms with van der Waals surface area (Å²) in [5.74, 6) is 0.552. The van der Waals surface area contributed by atoms with Gasteiger partial charge in [0.15, 0.2) is 5.65 Å².